The number of hydrogen-bond donors (Lipinski definition) is 0. The molecule has 4 aliphatic rings. The molecule has 0 aromatic carbocycles. The monoisotopic (exact) mass is 317 g/mol. The normalized spacial score (nSPS) is 36.4. The molecule has 124 valence electrons. The summed E-state index contributed by atoms with van der Waals surface area (Å²) in [7, 11) is 0. The van der Waals surface area contributed by atoms with E-state index >= 15 is 0 Å². The van der Waals surface area contributed by atoms with Gasteiger partial charge in [0.05, 0.1) is 12.0 Å². The van der Waals surface area contributed by atoms with Gasteiger partial charge in [-0.2, -0.15) is 8.78 Å². The van der Waals surface area contributed by atoms with Crippen LogP contribution in [0.5, 0.6) is 0 Å². The van der Waals surface area contributed by atoms with Gasteiger partial charge in [-0.25, -0.2) is 0 Å². The molecule has 4 bridgehead atoms. The molecule has 7 heteroatoms. The van der Waals surface area contributed by atoms with Gasteiger partial charge in [0.1, 0.15) is 12.6 Å². The summed E-state index contributed by atoms with van der Waals surface area (Å²) in [5.74, 6) is -1.20. The number of hydrogen-bond acceptors (Lipinski definition) is 5. The van der Waals surface area contributed by atoms with E-state index in [4.69, 9.17) is 4.74 Å². The Hall–Kier alpha value is -1.24. The van der Waals surface area contributed by atoms with E-state index in [1.165, 1.54) is 19.3 Å². The standard InChI is InChI=1S/C15H20F2O5/c16-15(17,12(18)19)22-2-1-21-13(20)14-6-9-3-10(7-14)5-11(4-9)8-14/h9-11H,1-8H2,(H,18,19)/p-1. The third kappa shape index (κ3) is 2.83. The Labute approximate surface area is 127 Å². The molecule has 4 rings (SSSR count). The van der Waals surface area contributed by atoms with Gasteiger partial charge in [0.15, 0.2) is 0 Å². The molecule has 0 aliphatic heterocycles. The molecular weight excluding hydrogens is 298 g/mol. The molecule has 0 heterocycles. The zero-order valence-corrected chi connectivity index (χ0v) is 12.2. The largest absolute Gasteiger partial charge is 0.542 e. The van der Waals surface area contributed by atoms with E-state index in [0.717, 1.165) is 19.3 Å². The van der Waals surface area contributed by atoms with E-state index in [9.17, 15) is 23.5 Å². The van der Waals surface area contributed by atoms with E-state index in [-0.39, 0.29) is 12.6 Å². The number of esters is 1. The van der Waals surface area contributed by atoms with Crippen molar-refractivity contribution in [3.63, 3.8) is 0 Å². The van der Waals surface area contributed by atoms with E-state index in [2.05, 4.69) is 4.74 Å². The van der Waals surface area contributed by atoms with Gasteiger partial charge in [-0.3, -0.25) is 4.79 Å². The van der Waals surface area contributed by atoms with Gasteiger partial charge in [-0.05, 0) is 56.3 Å². The molecule has 4 saturated carbocycles. The molecule has 0 amide bonds. The molecule has 0 radical (unpaired) electrons. The van der Waals surface area contributed by atoms with Crippen molar-refractivity contribution in [1.82, 2.24) is 0 Å². The van der Waals surface area contributed by atoms with E-state index < -0.39 is 24.1 Å². The molecule has 0 aromatic heterocycles. The first-order valence-corrected chi connectivity index (χ1v) is 7.71. The van der Waals surface area contributed by atoms with Crippen molar-refractivity contribution in [3.05, 3.63) is 0 Å². The summed E-state index contributed by atoms with van der Waals surface area (Å²) >= 11 is 0. The van der Waals surface area contributed by atoms with Crippen LogP contribution in [0, 0.1) is 23.2 Å². The van der Waals surface area contributed by atoms with Gasteiger partial charge in [0.25, 0.3) is 0 Å². The van der Waals surface area contributed by atoms with Gasteiger partial charge in [-0.15, -0.1) is 0 Å². The van der Waals surface area contributed by atoms with E-state index in [1.807, 2.05) is 0 Å². The highest BCUT2D eigenvalue weighted by molar-refractivity contribution is 5.77. The van der Waals surface area contributed by atoms with Gasteiger partial charge in [0, 0.05) is 0 Å². The summed E-state index contributed by atoms with van der Waals surface area (Å²) in [5.41, 5.74) is -0.453. The molecule has 4 aliphatic carbocycles. The summed E-state index contributed by atoms with van der Waals surface area (Å²) in [6, 6.07) is 0. The maximum absolute atomic E-state index is 12.7. The number of halogens is 2. The average molecular weight is 317 g/mol. The zero-order valence-electron chi connectivity index (χ0n) is 12.2. The maximum atomic E-state index is 12.7. The second-order valence-electron chi connectivity index (χ2n) is 6.99. The fraction of sp³-hybridized carbons (Fsp3) is 0.867. The van der Waals surface area contributed by atoms with Crippen LogP contribution >= 0.6 is 0 Å². The third-order valence-corrected chi connectivity index (χ3v) is 5.31. The van der Waals surface area contributed by atoms with Crippen LogP contribution in [0.1, 0.15) is 38.5 Å². The third-order valence-electron chi connectivity index (χ3n) is 5.31. The van der Waals surface area contributed by atoms with Crippen LogP contribution in [-0.4, -0.2) is 31.3 Å². The number of carboxylic acids is 1. The number of carbonyl (C=O) groups excluding carboxylic acids is 2. The highest BCUT2D eigenvalue weighted by Crippen LogP contribution is 2.60. The summed E-state index contributed by atoms with van der Waals surface area (Å²) in [5, 5.41) is 10.1. The lowest BCUT2D eigenvalue weighted by atomic mass is 9.49. The van der Waals surface area contributed by atoms with Crippen LogP contribution in [-0.2, 0) is 19.1 Å². The molecule has 0 unspecified atom stereocenters. The van der Waals surface area contributed by atoms with Crippen molar-refractivity contribution in [2.45, 2.75) is 44.6 Å². The van der Waals surface area contributed by atoms with Crippen molar-refractivity contribution in [2.24, 2.45) is 23.2 Å². The quantitative estimate of drug-likeness (QED) is 0.542. The molecule has 22 heavy (non-hydrogen) atoms. The number of aliphatic carboxylic acids is 1. The van der Waals surface area contributed by atoms with Gasteiger partial charge in [0.2, 0.25) is 0 Å². The van der Waals surface area contributed by atoms with Crippen LogP contribution in [0.3, 0.4) is 0 Å². The Balaban J connectivity index is 1.49. The van der Waals surface area contributed by atoms with Crippen LogP contribution in [0.25, 0.3) is 0 Å². The summed E-state index contributed by atoms with van der Waals surface area (Å²) in [6.07, 6.45) is 1.69. The number of carbonyl (C=O) groups is 2. The first-order valence-electron chi connectivity index (χ1n) is 7.71. The number of carboxylic acid groups (broad SMARTS) is 1. The fourth-order valence-corrected chi connectivity index (χ4v) is 4.88. The van der Waals surface area contributed by atoms with E-state index in [1.54, 1.807) is 0 Å². The molecule has 4 fully saturated rings. The van der Waals surface area contributed by atoms with Crippen LogP contribution in [0.4, 0.5) is 8.78 Å². The molecule has 0 N–H and O–H groups in total. The average Bonchev–Trinajstić information content (AvgIpc) is 2.41. The van der Waals surface area contributed by atoms with Crippen molar-refractivity contribution in [2.75, 3.05) is 13.2 Å². The van der Waals surface area contributed by atoms with Crippen molar-refractivity contribution in [3.8, 4) is 0 Å². The van der Waals surface area contributed by atoms with Crippen LogP contribution < -0.4 is 5.11 Å². The Bertz CT molecular complexity index is 441. The van der Waals surface area contributed by atoms with Gasteiger partial charge in [-0.1, -0.05) is 0 Å². The van der Waals surface area contributed by atoms with Crippen molar-refractivity contribution in [1.29, 1.82) is 0 Å². The smallest absolute Gasteiger partial charge is 0.397 e. The van der Waals surface area contributed by atoms with Crippen LogP contribution in [0.15, 0.2) is 0 Å². The molecule has 5 nitrogen and oxygen atoms in total. The predicted octanol–water partition coefficient (Wildman–Crippen LogP) is 1.11. The molecule has 0 saturated heterocycles. The minimum atomic E-state index is -4.35. The maximum Gasteiger partial charge on any atom is 0.397 e. The summed E-state index contributed by atoms with van der Waals surface area (Å²) in [4.78, 5) is 22.4. The summed E-state index contributed by atoms with van der Waals surface area (Å²) < 4.78 is 34.3. The van der Waals surface area contributed by atoms with E-state index in [0.29, 0.717) is 17.8 Å². The number of rotatable bonds is 6. The predicted molar refractivity (Wildman–Crippen MR) is 67.5 cm³/mol. The Morgan fingerprint density at radius 2 is 1.55 bits per heavy atom. The molecule has 0 aromatic rings. The lowest BCUT2D eigenvalue weighted by molar-refractivity contribution is -0.363. The van der Waals surface area contributed by atoms with Crippen molar-refractivity contribution >= 4 is 11.9 Å². The highest BCUT2D eigenvalue weighted by Gasteiger charge is 2.55. The highest BCUT2D eigenvalue weighted by atomic mass is 19.3. The Kier molecular flexibility index (Phi) is 3.87. The van der Waals surface area contributed by atoms with Crippen molar-refractivity contribution < 1.29 is 33.0 Å². The number of ether oxygens (including phenoxy) is 2. The SMILES string of the molecule is O=C(OCCOC(F)(F)C(=O)[O-])C12CC3CC(CC(C3)C1)C2. The van der Waals surface area contributed by atoms with Crippen LogP contribution in [0.2, 0.25) is 0 Å². The van der Waals surface area contributed by atoms with Gasteiger partial charge < -0.3 is 19.4 Å². The Morgan fingerprint density at radius 3 is 2.00 bits per heavy atom. The minimum absolute atomic E-state index is 0.341. The lowest BCUT2D eigenvalue weighted by Crippen LogP contribution is -2.50. The number of alkyl halides is 2. The Morgan fingerprint density at radius 1 is 1.05 bits per heavy atom. The molecular formula is C15H19F2O5-. The second-order valence-corrected chi connectivity index (χ2v) is 6.99. The van der Waals surface area contributed by atoms with Gasteiger partial charge >= 0.3 is 12.1 Å². The zero-order chi connectivity index (χ0) is 16.0. The molecule has 0 atom stereocenters. The fourth-order valence-electron chi connectivity index (χ4n) is 4.88. The summed E-state index contributed by atoms with van der Waals surface area (Å²) in [6.45, 7) is -1.04. The second kappa shape index (κ2) is 5.44. The first-order chi connectivity index (χ1) is 10.3. The first kappa shape index (κ1) is 15.6. The minimum Gasteiger partial charge on any atom is -0.542 e. The topological polar surface area (TPSA) is 75.7 Å². The molecule has 0 spiro atoms. The lowest BCUT2D eigenvalue weighted by Gasteiger charge is -2.55.